The number of nitrogens with one attached hydrogen (secondary N) is 1. The van der Waals surface area contributed by atoms with Gasteiger partial charge >= 0.3 is 0 Å². The van der Waals surface area contributed by atoms with Gasteiger partial charge in [0.2, 0.25) is 10.0 Å². The summed E-state index contributed by atoms with van der Waals surface area (Å²) in [5, 5.41) is 9.46. The van der Waals surface area contributed by atoms with Crippen molar-refractivity contribution in [3.05, 3.63) is 23.0 Å². The van der Waals surface area contributed by atoms with Gasteiger partial charge in [0.15, 0.2) is 0 Å². The number of benzene rings is 1. The number of anilines is 1. The number of aliphatic hydroxyl groups is 1. The van der Waals surface area contributed by atoms with Crippen molar-refractivity contribution in [1.29, 1.82) is 0 Å². The second kappa shape index (κ2) is 5.90. The molecule has 1 saturated carbocycles. The average molecular weight is 316 g/mol. The first kappa shape index (κ1) is 16.2. The quantitative estimate of drug-likeness (QED) is 0.739. The largest absolute Gasteiger partial charge is 0.396 e. The first-order valence-electron chi connectivity index (χ1n) is 6.98. The van der Waals surface area contributed by atoms with E-state index in [0.717, 1.165) is 6.07 Å². The van der Waals surface area contributed by atoms with E-state index in [1.54, 1.807) is 6.92 Å². The van der Waals surface area contributed by atoms with Gasteiger partial charge in [0.25, 0.3) is 0 Å². The Labute approximate surface area is 124 Å². The Kier molecular flexibility index (Phi) is 4.55. The number of aliphatic hydroxyl groups excluding tert-OH is 1. The van der Waals surface area contributed by atoms with Crippen LogP contribution in [-0.4, -0.2) is 25.7 Å². The molecule has 1 aliphatic rings. The molecule has 1 fully saturated rings. The molecule has 0 spiro atoms. The summed E-state index contributed by atoms with van der Waals surface area (Å²) in [4.78, 5) is 0.0486. The maximum atomic E-state index is 13.5. The van der Waals surface area contributed by atoms with E-state index in [0.29, 0.717) is 31.2 Å². The number of halogens is 1. The van der Waals surface area contributed by atoms with Gasteiger partial charge in [-0.15, -0.1) is 0 Å². The number of nitrogens with two attached hydrogens (primary N) is 1. The van der Waals surface area contributed by atoms with Gasteiger partial charge in [0.1, 0.15) is 5.82 Å². The van der Waals surface area contributed by atoms with Crippen molar-refractivity contribution in [2.24, 2.45) is 0 Å². The van der Waals surface area contributed by atoms with Gasteiger partial charge in [-0.05, 0) is 56.7 Å². The zero-order chi connectivity index (χ0) is 15.8. The molecule has 1 aromatic carbocycles. The lowest BCUT2D eigenvalue weighted by atomic mass is 9.94. The number of sulfonamides is 1. The van der Waals surface area contributed by atoms with Gasteiger partial charge in [0, 0.05) is 6.04 Å². The van der Waals surface area contributed by atoms with Crippen LogP contribution in [0.5, 0.6) is 0 Å². The number of aryl methyl sites for hydroxylation is 1. The van der Waals surface area contributed by atoms with Crippen LogP contribution < -0.4 is 10.5 Å². The Morgan fingerprint density at radius 1 is 1.29 bits per heavy atom. The van der Waals surface area contributed by atoms with Gasteiger partial charge < -0.3 is 10.8 Å². The van der Waals surface area contributed by atoms with Crippen molar-refractivity contribution >= 4 is 15.7 Å². The second-order valence-corrected chi connectivity index (χ2v) is 7.32. The maximum Gasteiger partial charge on any atom is 0.241 e. The molecule has 0 bridgehead atoms. The molecule has 0 heterocycles. The molecule has 0 aliphatic heterocycles. The normalized spacial score (nSPS) is 23.2. The highest BCUT2D eigenvalue weighted by Crippen LogP contribution is 2.28. The minimum atomic E-state index is -3.76. The summed E-state index contributed by atoms with van der Waals surface area (Å²) in [5.74, 6) is -0.607. The number of rotatable bonds is 3. The minimum Gasteiger partial charge on any atom is -0.396 e. The third-order valence-electron chi connectivity index (χ3n) is 3.99. The molecule has 21 heavy (non-hydrogen) atoms. The van der Waals surface area contributed by atoms with Crippen molar-refractivity contribution < 1.29 is 17.9 Å². The molecule has 0 unspecified atom stereocenters. The molecule has 1 aliphatic carbocycles. The summed E-state index contributed by atoms with van der Waals surface area (Å²) in [6.45, 7) is 3.05. The smallest absolute Gasteiger partial charge is 0.241 e. The van der Waals surface area contributed by atoms with E-state index in [4.69, 9.17) is 5.73 Å². The number of hydrogen-bond donors (Lipinski definition) is 3. The lowest BCUT2D eigenvalue weighted by Crippen LogP contribution is -2.39. The first-order valence-corrected chi connectivity index (χ1v) is 8.46. The molecular weight excluding hydrogens is 295 g/mol. The highest BCUT2D eigenvalue weighted by molar-refractivity contribution is 7.89. The zero-order valence-electron chi connectivity index (χ0n) is 12.2. The van der Waals surface area contributed by atoms with Crippen LogP contribution in [0.4, 0.5) is 10.1 Å². The minimum absolute atomic E-state index is 0.0486. The van der Waals surface area contributed by atoms with Crippen LogP contribution in [0.1, 0.15) is 36.8 Å². The molecule has 0 aromatic heterocycles. The average Bonchev–Trinajstić information content (AvgIpc) is 2.38. The van der Waals surface area contributed by atoms with Crippen LogP contribution in [0.25, 0.3) is 0 Å². The Morgan fingerprint density at radius 2 is 1.86 bits per heavy atom. The summed E-state index contributed by atoms with van der Waals surface area (Å²) >= 11 is 0. The SMILES string of the molecule is Cc1cc(F)c(N)c(C)c1S(=O)(=O)NC1CCC(O)CC1. The molecular formula is C14H21FN2O3S. The molecule has 4 N–H and O–H groups in total. The standard InChI is InChI=1S/C14H21FN2O3S/c1-8-7-12(15)13(16)9(2)14(8)21(19,20)17-10-3-5-11(18)6-4-10/h7,10-11,17-18H,3-6,16H2,1-2H3. The van der Waals surface area contributed by atoms with Gasteiger partial charge in [-0.3, -0.25) is 0 Å². The molecule has 0 radical (unpaired) electrons. The molecule has 2 rings (SSSR count). The molecule has 1 aromatic rings. The van der Waals surface area contributed by atoms with E-state index in [2.05, 4.69) is 4.72 Å². The fourth-order valence-electron chi connectivity index (χ4n) is 2.82. The predicted octanol–water partition coefficient (Wildman–Crippen LogP) is 1.61. The summed E-state index contributed by atoms with van der Waals surface area (Å²) in [7, 11) is -3.76. The van der Waals surface area contributed by atoms with Gasteiger partial charge in [-0.25, -0.2) is 17.5 Å². The summed E-state index contributed by atoms with van der Waals surface area (Å²) < 4.78 is 41.3. The van der Waals surface area contributed by atoms with Crippen LogP contribution in [0.2, 0.25) is 0 Å². The predicted molar refractivity (Wildman–Crippen MR) is 78.9 cm³/mol. The van der Waals surface area contributed by atoms with Crippen LogP contribution in [-0.2, 0) is 10.0 Å². The highest BCUT2D eigenvalue weighted by Gasteiger charge is 2.28. The van der Waals surface area contributed by atoms with E-state index in [-0.39, 0.29) is 28.3 Å². The first-order chi connectivity index (χ1) is 9.72. The molecule has 118 valence electrons. The zero-order valence-corrected chi connectivity index (χ0v) is 13.0. The number of hydrogen-bond acceptors (Lipinski definition) is 4. The van der Waals surface area contributed by atoms with E-state index in [1.807, 2.05) is 0 Å². The Morgan fingerprint density at radius 3 is 2.43 bits per heavy atom. The summed E-state index contributed by atoms with van der Waals surface area (Å²) in [6, 6.07) is 0.935. The summed E-state index contributed by atoms with van der Waals surface area (Å²) in [6.07, 6.45) is 1.99. The van der Waals surface area contributed by atoms with Crippen molar-refractivity contribution in [2.75, 3.05) is 5.73 Å². The molecule has 7 heteroatoms. The van der Waals surface area contributed by atoms with Crippen molar-refractivity contribution in [1.82, 2.24) is 4.72 Å². The number of nitrogen functional groups attached to an aromatic ring is 1. The van der Waals surface area contributed by atoms with Crippen LogP contribution >= 0.6 is 0 Å². The monoisotopic (exact) mass is 316 g/mol. The van der Waals surface area contributed by atoms with Crippen LogP contribution in [0, 0.1) is 19.7 Å². The van der Waals surface area contributed by atoms with E-state index < -0.39 is 15.8 Å². The molecule has 5 nitrogen and oxygen atoms in total. The Hall–Kier alpha value is -1.18. The fourth-order valence-corrected chi connectivity index (χ4v) is 4.60. The third kappa shape index (κ3) is 3.36. The van der Waals surface area contributed by atoms with E-state index in [1.165, 1.54) is 6.92 Å². The molecule has 0 amide bonds. The van der Waals surface area contributed by atoms with Gasteiger partial charge in [-0.1, -0.05) is 0 Å². The Balaban J connectivity index is 2.30. The fraction of sp³-hybridized carbons (Fsp3) is 0.571. The molecule has 0 atom stereocenters. The van der Waals surface area contributed by atoms with Crippen LogP contribution in [0.3, 0.4) is 0 Å². The Bertz CT molecular complexity index is 638. The lowest BCUT2D eigenvalue weighted by molar-refractivity contribution is 0.120. The topological polar surface area (TPSA) is 92.4 Å². The van der Waals surface area contributed by atoms with Crippen LogP contribution in [0.15, 0.2) is 11.0 Å². The molecule has 0 saturated heterocycles. The lowest BCUT2D eigenvalue weighted by Gasteiger charge is -2.26. The maximum absolute atomic E-state index is 13.5. The second-order valence-electron chi connectivity index (χ2n) is 5.67. The van der Waals surface area contributed by atoms with Gasteiger partial charge in [0.05, 0.1) is 16.7 Å². The van der Waals surface area contributed by atoms with Crippen molar-refractivity contribution in [2.45, 2.75) is 56.6 Å². The highest BCUT2D eigenvalue weighted by atomic mass is 32.2. The summed E-state index contributed by atoms with van der Waals surface area (Å²) in [5.41, 5.74) is 6.03. The third-order valence-corrected chi connectivity index (χ3v) is 5.80. The van der Waals surface area contributed by atoms with E-state index in [9.17, 15) is 17.9 Å². The van der Waals surface area contributed by atoms with Crippen molar-refractivity contribution in [3.63, 3.8) is 0 Å². The van der Waals surface area contributed by atoms with Gasteiger partial charge in [-0.2, -0.15) is 0 Å². The van der Waals surface area contributed by atoms with E-state index >= 15 is 0 Å². The van der Waals surface area contributed by atoms with Crippen molar-refractivity contribution in [3.8, 4) is 0 Å².